The Morgan fingerprint density at radius 2 is 2.00 bits per heavy atom. The van der Waals surface area contributed by atoms with Crippen molar-refractivity contribution < 1.29 is 9.53 Å². The topological polar surface area (TPSA) is 62.1 Å². The van der Waals surface area contributed by atoms with E-state index in [0.717, 1.165) is 25.7 Å². The summed E-state index contributed by atoms with van der Waals surface area (Å²) < 4.78 is 5.24. The molecular weight excluding hydrogens is 228 g/mol. The summed E-state index contributed by atoms with van der Waals surface area (Å²) in [5, 5.41) is 11.7. The number of ether oxygens (including phenoxy) is 1. The van der Waals surface area contributed by atoms with Crippen molar-refractivity contribution in [3.05, 3.63) is 0 Å². The van der Waals surface area contributed by atoms with E-state index in [1.807, 2.05) is 20.8 Å². The van der Waals surface area contributed by atoms with Crippen LogP contribution in [0.5, 0.6) is 0 Å². The van der Waals surface area contributed by atoms with Gasteiger partial charge in [0.2, 0.25) is 0 Å². The van der Waals surface area contributed by atoms with Gasteiger partial charge in [0.25, 0.3) is 0 Å². The van der Waals surface area contributed by atoms with Gasteiger partial charge in [-0.05, 0) is 51.9 Å². The lowest BCUT2D eigenvalue weighted by atomic mass is 9.72. The number of hydrogen-bond acceptors (Lipinski definition) is 3. The highest BCUT2D eigenvalue weighted by Crippen LogP contribution is 2.38. The highest BCUT2D eigenvalue weighted by Gasteiger charge is 2.32. The maximum absolute atomic E-state index is 11.6. The zero-order valence-corrected chi connectivity index (χ0v) is 11.9. The van der Waals surface area contributed by atoms with E-state index in [1.165, 1.54) is 0 Å². The Morgan fingerprint density at radius 1 is 1.44 bits per heavy atom. The van der Waals surface area contributed by atoms with Gasteiger partial charge in [-0.1, -0.05) is 6.92 Å². The number of nitrogens with one attached hydrogen (secondary N) is 1. The lowest BCUT2D eigenvalue weighted by molar-refractivity contribution is 0.0473. The van der Waals surface area contributed by atoms with Crippen LogP contribution in [-0.2, 0) is 4.74 Å². The molecule has 1 amide bonds. The first kappa shape index (κ1) is 14.8. The molecule has 4 nitrogen and oxygen atoms in total. The van der Waals surface area contributed by atoms with Gasteiger partial charge in [-0.2, -0.15) is 5.26 Å². The Hall–Kier alpha value is -1.24. The average Bonchev–Trinajstić information content (AvgIpc) is 2.19. The number of nitrogens with zero attached hydrogens (tertiary/aromatic N) is 1. The molecule has 0 heterocycles. The molecule has 1 saturated carbocycles. The quantitative estimate of drug-likeness (QED) is 0.819. The van der Waals surface area contributed by atoms with Crippen LogP contribution in [0.4, 0.5) is 4.79 Å². The van der Waals surface area contributed by atoms with Crippen molar-refractivity contribution in [3.8, 4) is 6.07 Å². The van der Waals surface area contributed by atoms with Gasteiger partial charge in [0, 0.05) is 12.5 Å². The molecule has 0 spiro atoms. The summed E-state index contributed by atoms with van der Waals surface area (Å²) in [5.74, 6) is 0. The van der Waals surface area contributed by atoms with Gasteiger partial charge < -0.3 is 10.1 Å². The van der Waals surface area contributed by atoms with Gasteiger partial charge in [-0.25, -0.2) is 4.79 Å². The number of hydrogen-bond donors (Lipinski definition) is 1. The molecule has 0 unspecified atom stereocenters. The molecular formula is C14H24N2O2. The Labute approximate surface area is 110 Å². The molecule has 0 bridgehead atoms. The molecule has 1 aliphatic rings. The molecule has 0 aromatic carbocycles. The third-order valence-corrected chi connectivity index (χ3v) is 3.42. The van der Waals surface area contributed by atoms with Crippen molar-refractivity contribution in [2.75, 3.05) is 0 Å². The van der Waals surface area contributed by atoms with Crippen LogP contribution in [-0.4, -0.2) is 17.7 Å². The standard InChI is InChI=1S/C14H24N2O2/c1-13(2,3)18-12(17)16-11-5-7-14(4,8-6-11)9-10-15/h11H,5-9H2,1-4H3,(H,16,17)/t11-,14-. The molecule has 1 aliphatic carbocycles. The van der Waals surface area contributed by atoms with Crippen LogP contribution >= 0.6 is 0 Å². The van der Waals surface area contributed by atoms with Crippen LogP contribution in [0, 0.1) is 16.7 Å². The van der Waals surface area contributed by atoms with Crippen molar-refractivity contribution in [1.29, 1.82) is 5.26 Å². The van der Waals surface area contributed by atoms with E-state index in [9.17, 15) is 4.79 Å². The fourth-order valence-corrected chi connectivity index (χ4v) is 2.30. The highest BCUT2D eigenvalue weighted by atomic mass is 16.6. The van der Waals surface area contributed by atoms with E-state index in [-0.39, 0.29) is 17.6 Å². The molecule has 0 atom stereocenters. The minimum atomic E-state index is -0.450. The van der Waals surface area contributed by atoms with Crippen LogP contribution in [0.15, 0.2) is 0 Å². The lowest BCUT2D eigenvalue weighted by Crippen LogP contribution is -2.42. The molecule has 0 radical (unpaired) electrons. The van der Waals surface area contributed by atoms with Gasteiger partial charge in [0.1, 0.15) is 5.60 Å². The summed E-state index contributed by atoms with van der Waals surface area (Å²) in [6.45, 7) is 7.73. The van der Waals surface area contributed by atoms with E-state index < -0.39 is 5.60 Å². The third kappa shape index (κ3) is 4.95. The van der Waals surface area contributed by atoms with Crippen molar-refractivity contribution in [2.45, 2.75) is 71.4 Å². The van der Waals surface area contributed by atoms with Crippen LogP contribution < -0.4 is 5.32 Å². The van der Waals surface area contributed by atoms with Crippen LogP contribution in [0.3, 0.4) is 0 Å². The lowest BCUT2D eigenvalue weighted by Gasteiger charge is -2.36. The minimum absolute atomic E-state index is 0.126. The third-order valence-electron chi connectivity index (χ3n) is 3.42. The van der Waals surface area contributed by atoms with Crippen LogP contribution in [0.1, 0.15) is 59.8 Å². The minimum Gasteiger partial charge on any atom is -0.444 e. The van der Waals surface area contributed by atoms with Gasteiger partial charge in [-0.15, -0.1) is 0 Å². The summed E-state index contributed by atoms with van der Waals surface area (Å²) in [7, 11) is 0. The average molecular weight is 252 g/mol. The normalized spacial score (nSPS) is 28.3. The van der Waals surface area contributed by atoms with E-state index in [2.05, 4.69) is 18.3 Å². The predicted molar refractivity (Wildman–Crippen MR) is 70.0 cm³/mol. The first-order chi connectivity index (χ1) is 8.24. The second-order valence-electron chi connectivity index (χ2n) is 6.57. The summed E-state index contributed by atoms with van der Waals surface area (Å²) in [4.78, 5) is 11.6. The predicted octanol–water partition coefficient (Wildman–Crippen LogP) is 3.37. The van der Waals surface area contributed by atoms with Crippen molar-refractivity contribution >= 4 is 6.09 Å². The summed E-state index contributed by atoms with van der Waals surface area (Å²) in [5.41, 5.74) is -0.324. The molecule has 0 aliphatic heterocycles. The zero-order chi connectivity index (χ0) is 13.8. The zero-order valence-electron chi connectivity index (χ0n) is 11.9. The Bertz CT molecular complexity index is 331. The molecule has 102 valence electrons. The molecule has 0 saturated heterocycles. The number of nitriles is 1. The molecule has 1 fully saturated rings. The van der Waals surface area contributed by atoms with Gasteiger partial charge in [0.05, 0.1) is 6.07 Å². The second kappa shape index (κ2) is 5.60. The van der Waals surface area contributed by atoms with E-state index >= 15 is 0 Å². The molecule has 1 N–H and O–H groups in total. The summed E-state index contributed by atoms with van der Waals surface area (Å²) in [6.07, 6.45) is 4.10. The number of rotatable bonds is 2. The first-order valence-electron chi connectivity index (χ1n) is 6.61. The summed E-state index contributed by atoms with van der Waals surface area (Å²) in [6, 6.07) is 2.44. The van der Waals surface area contributed by atoms with E-state index in [4.69, 9.17) is 10.00 Å². The largest absolute Gasteiger partial charge is 0.444 e. The highest BCUT2D eigenvalue weighted by molar-refractivity contribution is 5.68. The van der Waals surface area contributed by atoms with E-state index in [1.54, 1.807) is 0 Å². The fraction of sp³-hybridized carbons (Fsp3) is 0.857. The SMILES string of the molecule is CC(C)(C)OC(=O)N[C@H]1CC[C@](C)(CC#N)CC1. The number of amides is 1. The fourth-order valence-electron chi connectivity index (χ4n) is 2.30. The maximum Gasteiger partial charge on any atom is 0.407 e. The van der Waals surface area contributed by atoms with Crippen molar-refractivity contribution in [3.63, 3.8) is 0 Å². The monoisotopic (exact) mass is 252 g/mol. The number of alkyl carbamates (subject to hydrolysis) is 1. The Morgan fingerprint density at radius 3 is 2.44 bits per heavy atom. The van der Waals surface area contributed by atoms with Gasteiger partial charge in [0.15, 0.2) is 0 Å². The molecule has 0 aromatic heterocycles. The van der Waals surface area contributed by atoms with E-state index in [0.29, 0.717) is 6.42 Å². The first-order valence-corrected chi connectivity index (χ1v) is 6.61. The van der Waals surface area contributed by atoms with Gasteiger partial charge in [-0.3, -0.25) is 0 Å². The van der Waals surface area contributed by atoms with Gasteiger partial charge >= 0.3 is 6.09 Å². The molecule has 18 heavy (non-hydrogen) atoms. The van der Waals surface area contributed by atoms with Crippen LogP contribution in [0.25, 0.3) is 0 Å². The number of carbonyl (C=O) groups is 1. The number of carbonyl (C=O) groups excluding carboxylic acids is 1. The molecule has 1 rings (SSSR count). The Kier molecular flexibility index (Phi) is 4.61. The molecule has 4 heteroatoms. The molecule has 0 aromatic rings. The Balaban J connectivity index is 2.36. The van der Waals surface area contributed by atoms with Crippen LogP contribution in [0.2, 0.25) is 0 Å². The second-order valence-corrected chi connectivity index (χ2v) is 6.57. The van der Waals surface area contributed by atoms with Crippen molar-refractivity contribution in [2.24, 2.45) is 5.41 Å². The maximum atomic E-state index is 11.6. The summed E-state index contributed by atoms with van der Waals surface area (Å²) >= 11 is 0. The van der Waals surface area contributed by atoms with Crippen molar-refractivity contribution in [1.82, 2.24) is 5.32 Å². The smallest absolute Gasteiger partial charge is 0.407 e.